The summed E-state index contributed by atoms with van der Waals surface area (Å²) in [5, 5.41) is 6.20. The topological polar surface area (TPSA) is 106 Å². The molecule has 1 aliphatic heterocycles. The van der Waals surface area contributed by atoms with Gasteiger partial charge in [0.1, 0.15) is 0 Å². The van der Waals surface area contributed by atoms with E-state index in [1.54, 1.807) is 45.5 Å². The molecular formula is C21H24N4O4. The summed E-state index contributed by atoms with van der Waals surface area (Å²) in [7, 11) is 4.71. The van der Waals surface area contributed by atoms with E-state index in [9.17, 15) is 9.59 Å². The Bertz CT molecular complexity index is 983. The molecule has 3 rings (SSSR count). The number of benzene rings is 2. The Morgan fingerprint density at radius 2 is 1.76 bits per heavy atom. The van der Waals surface area contributed by atoms with Crippen LogP contribution in [0.4, 0.5) is 21.9 Å². The maximum absolute atomic E-state index is 12.7. The summed E-state index contributed by atoms with van der Waals surface area (Å²) in [6.45, 7) is 1.97. The summed E-state index contributed by atoms with van der Waals surface area (Å²) >= 11 is 0. The standard InChI is InChI=1S/C21H24N4O4/c1-5-15(23-12-6-8-13(9-7-12)25(2)21(22)27)19-14-10-17(28-3)18(29-4)11-16(14)24-20(19)26/h6-11,23H,5H2,1-4H3,(H2,22,27)(H,24,26). The van der Waals surface area contributed by atoms with Gasteiger partial charge in [0.2, 0.25) is 0 Å². The quantitative estimate of drug-likeness (QED) is 0.649. The molecule has 1 aliphatic rings. The van der Waals surface area contributed by atoms with E-state index < -0.39 is 6.03 Å². The van der Waals surface area contributed by atoms with Crippen molar-refractivity contribution in [2.24, 2.45) is 5.73 Å². The number of anilines is 3. The minimum Gasteiger partial charge on any atom is -0.493 e. The second-order valence-corrected chi connectivity index (χ2v) is 6.48. The highest BCUT2D eigenvalue weighted by molar-refractivity contribution is 6.32. The number of allylic oxidation sites excluding steroid dienone is 1. The molecule has 3 amide bonds. The largest absolute Gasteiger partial charge is 0.493 e. The highest BCUT2D eigenvalue weighted by Gasteiger charge is 2.29. The van der Waals surface area contributed by atoms with Gasteiger partial charge in [-0.3, -0.25) is 9.69 Å². The van der Waals surface area contributed by atoms with E-state index in [-0.39, 0.29) is 5.91 Å². The van der Waals surface area contributed by atoms with E-state index in [1.807, 2.05) is 19.1 Å². The molecule has 0 unspecified atom stereocenters. The van der Waals surface area contributed by atoms with Crippen LogP contribution in [0.15, 0.2) is 42.1 Å². The molecule has 0 fully saturated rings. The number of nitrogens with two attached hydrogens (primary N) is 1. The fourth-order valence-electron chi connectivity index (χ4n) is 3.19. The predicted octanol–water partition coefficient (Wildman–Crippen LogP) is 3.40. The Hall–Kier alpha value is -3.68. The molecule has 8 nitrogen and oxygen atoms in total. The van der Waals surface area contributed by atoms with Gasteiger partial charge in [-0.2, -0.15) is 0 Å². The first-order chi connectivity index (χ1) is 13.9. The van der Waals surface area contributed by atoms with Crippen LogP contribution in [-0.2, 0) is 4.79 Å². The number of rotatable bonds is 6. The Morgan fingerprint density at radius 1 is 1.14 bits per heavy atom. The van der Waals surface area contributed by atoms with Crippen molar-refractivity contribution in [3.63, 3.8) is 0 Å². The molecule has 0 atom stereocenters. The van der Waals surface area contributed by atoms with Crippen LogP contribution < -0.4 is 30.7 Å². The van der Waals surface area contributed by atoms with E-state index in [4.69, 9.17) is 15.2 Å². The van der Waals surface area contributed by atoms with Gasteiger partial charge in [-0.1, -0.05) is 6.92 Å². The van der Waals surface area contributed by atoms with Gasteiger partial charge in [0.25, 0.3) is 5.91 Å². The summed E-state index contributed by atoms with van der Waals surface area (Å²) in [6, 6.07) is 10.2. The van der Waals surface area contributed by atoms with Gasteiger partial charge in [0.15, 0.2) is 11.5 Å². The summed E-state index contributed by atoms with van der Waals surface area (Å²) in [5.74, 6) is 0.909. The fraction of sp³-hybridized carbons (Fsp3) is 0.238. The lowest BCUT2D eigenvalue weighted by atomic mass is 10.0. The molecule has 29 heavy (non-hydrogen) atoms. The SMILES string of the molecule is CCC(Nc1ccc(N(C)C(N)=O)cc1)=C1C(=O)Nc2cc(OC)c(OC)cc21. The van der Waals surface area contributed by atoms with Gasteiger partial charge in [0, 0.05) is 35.7 Å². The van der Waals surface area contributed by atoms with Crippen molar-refractivity contribution in [3.05, 3.63) is 47.7 Å². The van der Waals surface area contributed by atoms with E-state index in [0.717, 1.165) is 16.9 Å². The van der Waals surface area contributed by atoms with Gasteiger partial charge in [0.05, 0.1) is 25.5 Å². The molecule has 0 spiro atoms. The van der Waals surface area contributed by atoms with Gasteiger partial charge < -0.3 is 25.8 Å². The average Bonchev–Trinajstić information content (AvgIpc) is 3.05. The number of amides is 3. The summed E-state index contributed by atoms with van der Waals surface area (Å²) in [6.07, 6.45) is 0.611. The first kappa shape index (κ1) is 20.1. The van der Waals surface area contributed by atoms with Crippen molar-refractivity contribution in [1.82, 2.24) is 0 Å². The van der Waals surface area contributed by atoms with Crippen LogP contribution in [0.3, 0.4) is 0 Å². The van der Waals surface area contributed by atoms with Crippen LogP contribution in [0.25, 0.3) is 5.57 Å². The minimum atomic E-state index is -0.536. The number of urea groups is 1. The van der Waals surface area contributed by atoms with Gasteiger partial charge in [-0.25, -0.2) is 4.79 Å². The number of nitrogens with zero attached hydrogens (tertiary/aromatic N) is 1. The van der Waals surface area contributed by atoms with Crippen LogP contribution in [0, 0.1) is 0 Å². The van der Waals surface area contributed by atoms with Crippen LogP contribution in [0.1, 0.15) is 18.9 Å². The Morgan fingerprint density at radius 3 is 2.31 bits per heavy atom. The van der Waals surface area contributed by atoms with Crippen molar-refractivity contribution < 1.29 is 19.1 Å². The zero-order valence-electron chi connectivity index (χ0n) is 16.8. The number of nitrogens with one attached hydrogen (secondary N) is 2. The number of carbonyl (C=O) groups excluding carboxylic acids is 2. The van der Waals surface area contributed by atoms with Crippen molar-refractivity contribution in [2.75, 3.05) is 36.8 Å². The van der Waals surface area contributed by atoms with E-state index >= 15 is 0 Å². The number of hydrogen-bond acceptors (Lipinski definition) is 5. The van der Waals surface area contributed by atoms with Gasteiger partial charge >= 0.3 is 6.03 Å². The number of fused-ring (bicyclic) bond motifs is 1. The van der Waals surface area contributed by atoms with Crippen LogP contribution in [-0.4, -0.2) is 33.2 Å². The summed E-state index contributed by atoms with van der Waals surface area (Å²) in [4.78, 5) is 25.3. The molecule has 152 valence electrons. The zero-order valence-corrected chi connectivity index (χ0v) is 16.8. The maximum atomic E-state index is 12.7. The third-order valence-corrected chi connectivity index (χ3v) is 4.80. The third kappa shape index (κ3) is 3.82. The smallest absolute Gasteiger partial charge is 0.318 e. The Labute approximate surface area is 169 Å². The molecule has 0 radical (unpaired) electrons. The first-order valence-corrected chi connectivity index (χ1v) is 9.10. The molecule has 1 heterocycles. The fourth-order valence-corrected chi connectivity index (χ4v) is 3.19. The second-order valence-electron chi connectivity index (χ2n) is 6.48. The number of methoxy groups -OCH3 is 2. The molecular weight excluding hydrogens is 372 g/mol. The predicted molar refractivity (Wildman–Crippen MR) is 113 cm³/mol. The first-order valence-electron chi connectivity index (χ1n) is 9.10. The molecule has 8 heteroatoms. The van der Waals surface area contributed by atoms with Gasteiger partial charge in [-0.05, 0) is 36.8 Å². The Kier molecular flexibility index (Phi) is 5.63. The molecule has 4 N–H and O–H groups in total. The van der Waals surface area contributed by atoms with Crippen molar-refractivity contribution in [1.29, 1.82) is 0 Å². The molecule has 2 aromatic carbocycles. The lowest BCUT2D eigenvalue weighted by Crippen LogP contribution is -2.31. The molecule has 0 bridgehead atoms. The van der Waals surface area contributed by atoms with Crippen molar-refractivity contribution in [3.8, 4) is 11.5 Å². The zero-order chi connectivity index (χ0) is 21.1. The molecule has 0 aromatic heterocycles. The maximum Gasteiger partial charge on any atom is 0.318 e. The lowest BCUT2D eigenvalue weighted by Gasteiger charge is -2.16. The van der Waals surface area contributed by atoms with Crippen LogP contribution in [0.2, 0.25) is 0 Å². The second kappa shape index (κ2) is 8.14. The van der Waals surface area contributed by atoms with Crippen LogP contribution in [0.5, 0.6) is 11.5 Å². The lowest BCUT2D eigenvalue weighted by molar-refractivity contribution is -0.110. The van der Waals surface area contributed by atoms with Crippen LogP contribution >= 0.6 is 0 Å². The molecule has 0 saturated carbocycles. The summed E-state index contributed by atoms with van der Waals surface area (Å²) < 4.78 is 10.7. The minimum absolute atomic E-state index is 0.190. The normalized spacial score (nSPS) is 14.0. The van der Waals surface area contributed by atoms with E-state index in [2.05, 4.69) is 10.6 Å². The highest BCUT2D eigenvalue weighted by Crippen LogP contribution is 2.42. The van der Waals surface area contributed by atoms with E-state index in [0.29, 0.717) is 34.9 Å². The van der Waals surface area contributed by atoms with Crippen molar-refractivity contribution >= 4 is 34.6 Å². The average molecular weight is 396 g/mol. The molecule has 2 aromatic rings. The van der Waals surface area contributed by atoms with Gasteiger partial charge in [-0.15, -0.1) is 0 Å². The Balaban J connectivity index is 1.97. The number of ether oxygens (including phenoxy) is 2. The van der Waals surface area contributed by atoms with E-state index in [1.165, 1.54) is 4.90 Å². The highest BCUT2D eigenvalue weighted by atomic mass is 16.5. The third-order valence-electron chi connectivity index (χ3n) is 4.80. The summed E-state index contributed by atoms with van der Waals surface area (Å²) in [5.41, 5.74) is 9.51. The molecule has 0 aliphatic carbocycles. The number of carbonyl (C=O) groups is 2. The number of primary amides is 1. The molecule has 0 saturated heterocycles. The number of hydrogen-bond donors (Lipinski definition) is 3. The monoisotopic (exact) mass is 396 g/mol. The van der Waals surface area contributed by atoms with Crippen molar-refractivity contribution in [2.45, 2.75) is 13.3 Å².